The number of halogens is 1. The molecule has 0 spiro atoms. The second-order valence-corrected chi connectivity index (χ2v) is 5.20. The van der Waals surface area contributed by atoms with Gasteiger partial charge in [-0.2, -0.15) is 0 Å². The van der Waals surface area contributed by atoms with Crippen molar-refractivity contribution >= 4 is 18.3 Å². The highest BCUT2D eigenvalue weighted by atomic mass is 35.5. The number of amides is 1. The van der Waals surface area contributed by atoms with E-state index in [0.29, 0.717) is 18.6 Å². The van der Waals surface area contributed by atoms with E-state index in [-0.39, 0.29) is 18.3 Å². The molecule has 0 atom stereocenters. The van der Waals surface area contributed by atoms with E-state index in [1.54, 1.807) is 0 Å². The monoisotopic (exact) mass is 246 g/mol. The third-order valence-corrected chi connectivity index (χ3v) is 3.19. The van der Waals surface area contributed by atoms with Crippen LogP contribution in [0.3, 0.4) is 0 Å². The lowest BCUT2D eigenvalue weighted by Gasteiger charge is -2.26. The molecule has 0 aromatic heterocycles. The first-order valence-electron chi connectivity index (χ1n) is 6.20. The van der Waals surface area contributed by atoms with Crippen LogP contribution >= 0.6 is 12.4 Å². The molecule has 1 amide bonds. The van der Waals surface area contributed by atoms with Crippen LogP contribution in [-0.2, 0) is 4.79 Å². The maximum Gasteiger partial charge on any atom is 0.237 e. The molecule has 2 aliphatic carbocycles. The van der Waals surface area contributed by atoms with E-state index in [4.69, 9.17) is 0 Å². The van der Waals surface area contributed by atoms with Gasteiger partial charge in [0.25, 0.3) is 0 Å². The average Bonchev–Trinajstić information content (AvgIpc) is 2.97. The van der Waals surface area contributed by atoms with Crippen molar-refractivity contribution in [3.05, 3.63) is 0 Å². The average molecular weight is 247 g/mol. The van der Waals surface area contributed by atoms with Crippen LogP contribution in [-0.4, -0.2) is 36.0 Å². The Morgan fingerprint density at radius 1 is 1.31 bits per heavy atom. The fraction of sp³-hybridized carbons (Fsp3) is 0.917. The Morgan fingerprint density at radius 2 is 1.94 bits per heavy atom. The number of carbonyl (C=O) groups excluding carboxylic acids is 1. The van der Waals surface area contributed by atoms with E-state index in [1.165, 1.54) is 25.7 Å². The summed E-state index contributed by atoms with van der Waals surface area (Å²) in [7, 11) is 0. The third kappa shape index (κ3) is 3.95. The van der Waals surface area contributed by atoms with Crippen molar-refractivity contribution in [1.29, 1.82) is 0 Å². The Balaban J connectivity index is 0.00000128. The third-order valence-electron chi connectivity index (χ3n) is 3.19. The highest BCUT2D eigenvalue weighted by Gasteiger charge is 2.33. The second-order valence-electron chi connectivity index (χ2n) is 5.20. The fourth-order valence-electron chi connectivity index (χ4n) is 2.06. The van der Waals surface area contributed by atoms with Gasteiger partial charge in [0.1, 0.15) is 0 Å². The molecule has 0 saturated heterocycles. The van der Waals surface area contributed by atoms with Gasteiger partial charge in [-0.25, -0.2) is 0 Å². The minimum atomic E-state index is 0. The molecule has 0 unspecified atom stereocenters. The molecule has 3 nitrogen and oxygen atoms in total. The van der Waals surface area contributed by atoms with Crippen LogP contribution in [0.25, 0.3) is 0 Å². The number of nitrogens with one attached hydrogen (secondary N) is 1. The lowest BCUT2D eigenvalue weighted by atomic mass is 10.3. The number of hydrogen-bond acceptors (Lipinski definition) is 2. The SMILES string of the molecule is CC(C)N(C(=O)CNCC1CC1)C1CC1.Cl. The number of carbonyl (C=O) groups is 1. The van der Waals surface area contributed by atoms with Gasteiger partial charge in [0.05, 0.1) is 6.54 Å². The molecule has 2 rings (SSSR count). The van der Waals surface area contributed by atoms with Gasteiger partial charge in [0, 0.05) is 12.1 Å². The van der Waals surface area contributed by atoms with Gasteiger partial charge in [0.15, 0.2) is 0 Å². The van der Waals surface area contributed by atoms with Crippen LogP contribution in [0, 0.1) is 5.92 Å². The maximum absolute atomic E-state index is 11.9. The summed E-state index contributed by atoms with van der Waals surface area (Å²) in [5.74, 6) is 1.14. The van der Waals surface area contributed by atoms with Gasteiger partial charge in [0.2, 0.25) is 5.91 Å². The molecule has 0 bridgehead atoms. The number of hydrogen-bond donors (Lipinski definition) is 1. The molecule has 0 heterocycles. The van der Waals surface area contributed by atoms with Crippen molar-refractivity contribution in [2.45, 2.75) is 51.6 Å². The topological polar surface area (TPSA) is 32.3 Å². The molecular formula is C12H23ClN2O. The fourth-order valence-corrected chi connectivity index (χ4v) is 2.06. The molecule has 0 aromatic rings. The maximum atomic E-state index is 11.9. The first-order valence-corrected chi connectivity index (χ1v) is 6.20. The summed E-state index contributed by atoms with van der Waals surface area (Å²) >= 11 is 0. The van der Waals surface area contributed by atoms with E-state index in [1.807, 2.05) is 0 Å². The van der Waals surface area contributed by atoms with Crippen molar-refractivity contribution in [3.63, 3.8) is 0 Å². The van der Waals surface area contributed by atoms with Gasteiger partial charge in [-0.3, -0.25) is 4.79 Å². The van der Waals surface area contributed by atoms with Crippen LogP contribution in [0.2, 0.25) is 0 Å². The van der Waals surface area contributed by atoms with Crippen molar-refractivity contribution in [3.8, 4) is 0 Å². The lowest BCUT2D eigenvalue weighted by molar-refractivity contribution is -0.132. The Hall–Kier alpha value is -0.280. The highest BCUT2D eigenvalue weighted by molar-refractivity contribution is 5.85. The highest BCUT2D eigenvalue weighted by Crippen LogP contribution is 2.29. The van der Waals surface area contributed by atoms with Crippen LogP contribution in [0.4, 0.5) is 0 Å². The molecule has 0 aliphatic heterocycles. The molecule has 2 aliphatic rings. The first-order chi connectivity index (χ1) is 7.18. The second kappa shape index (κ2) is 5.87. The largest absolute Gasteiger partial charge is 0.336 e. The van der Waals surface area contributed by atoms with Crippen molar-refractivity contribution in [2.75, 3.05) is 13.1 Å². The normalized spacial score (nSPS) is 19.4. The van der Waals surface area contributed by atoms with E-state index in [9.17, 15) is 4.79 Å². The summed E-state index contributed by atoms with van der Waals surface area (Å²) in [6.45, 7) is 5.78. The molecule has 1 N–H and O–H groups in total. The molecular weight excluding hydrogens is 224 g/mol. The minimum absolute atomic E-state index is 0. The summed E-state index contributed by atoms with van der Waals surface area (Å²) in [6.07, 6.45) is 5.09. The van der Waals surface area contributed by atoms with Crippen LogP contribution in [0.15, 0.2) is 0 Å². The molecule has 0 radical (unpaired) electrons. The molecule has 94 valence electrons. The molecule has 4 heteroatoms. The van der Waals surface area contributed by atoms with E-state index in [0.717, 1.165) is 12.5 Å². The quantitative estimate of drug-likeness (QED) is 0.775. The van der Waals surface area contributed by atoms with E-state index in [2.05, 4.69) is 24.1 Å². The van der Waals surface area contributed by atoms with Gasteiger partial charge in [-0.05, 0) is 52.0 Å². The van der Waals surface area contributed by atoms with E-state index < -0.39 is 0 Å². The zero-order valence-corrected chi connectivity index (χ0v) is 11.1. The zero-order valence-electron chi connectivity index (χ0n) is 10.2. The summed E-state index contributed by atoms with van der Waals surface area (Å²) in [5.41, 5.74) is 0. The summed E-state index contributed by atoms with van der Waals surface area (Å²) < 4.78 is 0. The van der Waals surface area contributed by atoms with Gasteiger partial charge in [-0.1, -0.05) is 0 Å². The Labute approximate surface area is 104 Å². The van der Waals surface area contributed by atoms with Gasteiger partial charge >= 0.3 is 0 Å². The molecule has 2 fully saturated rings. The number of nitrogens with zero attached hydrogens (tertiary/aromatic N) is 1. The Bertz CT molecular complexity index is 235. The summed E-state index contributed by atoms with van der Waals surface area (Å²) in [4.78, 5) is 14.0. The van der Waals surface area contributed by atoms with Crippen LogP contribution in [0.1, 0.15) is 39.5 Å². The zero-order chi connectivity index (χ0) is 10.8. The smallest absolute Gasteiger partial charge is 0.237 e. The van der Waals surface area contributed by atoms with Crippen LogP contribution < -0.4 is 5.32 Å². The lowest BCUT2D eigenvalue weighted by Crippen LogP contribution is -2.44. The predicted octanol–water partition coefficient (Wildman–Crippen LogP) is 1.81. The predicted molar refractivity (Wildman–Crippen MR) is 67.8 cm³/mol. The Kier molecular flexibility index (Phi) is 5.06. The molecule has 0 aromatic carbocycles. The molecule has 2 saturated carbocycles. The van der Waals surface area contributed by atoms with Gasteiger partial charge < -0.3 is 10.2 Å². The first kappa shape index (κ1) is 13.8. The van der Waals surface area contributed by atoms with Crippen LogP contribution in [0.5, 0.6) is 0 Å². The van der Waals surface area contributed by atoms with E-state index >= 15 is 0 Å². The minimum Gasteiger partial charge on any atom is -0.336 e. The van der Waals surface area contributed by atoms with Crippen molar-refractivity contribution < 1.29 is 4.79 Å². The van der Waals surface area contributed by atoms with Crippen molar-refractivity contribution in [2.24, 2.45) is 5.92 Å². The van der Waals surface area contributed by atoms with Crippen molar-refractivity contribution in [1.82, 2.24) is 10.2 Å². The summed E-state index contributed by atoms with van der Waals surface area (Å²) in [6, 6.07) is 0.896. The summed E-state index contributed by atoms with van der Waals surface area (Å²) in [5, 5.41) is 3.27. The molecule has 16 heavy (non-hydrogen) atoms. The van der Waals surface area contributed by atoms with Gasteiger partial charge in [-0.15, -0.1) is 12.4 Å². The standard InChI is InChI=1S/C12H22N2O.ClH/c1-9(2)14(11-5-6-11)12(15)8-13-7-10-3-4-10;/h9-11,13H,3-8H2,1-2H3;1H. The Morgan fingerprint density at radius 3 is 2.38 bits per heavy atom. The number of rotatable bonds is 6.